The van der Waals surface area contributed by atoms with Crippen molar-refractivity contribution in [3.05, 3.63) is 29.3 Å². The maximum Gasteiger partial charge on any atom is 0.258 e. The molecule has 0 saturated heterocycles. The molecule has 17 heavy (non-hydrogen) atoms. The normalized spacial score (nSPS) is 20.5. The second kappa shape index (κ2) is 4.75. The Balaban J connectivity index is 2.29. The lowest BCUT2D eigenvalue weighted by Crippen LogP contribution is -2.31. The second-order valence-corrected chi connectivity index (χ2v) is 4.39. The van der Waals surface area contributed by atoms with Gasteiger partial charge in [-0.3, -0.25) is 4.79 Å². The molecule has 2 atom stereocenters. The molecular formula is C13H17NO3. The zero-order valence-electron chi connectivity index (χ0n) is 9.85. The van der Waals surface area contributed by atoms with Crippen molar-refractivity contribution in [2.24, 2.45) is 5.73 Å². The molecule has 2 unspecified atom stereocenters. The molecular weight excluding hydrogens is 218 g/mol. The SMILES string of the molecule is CC(Oc1cccc2c1CCCC2O)C(N)=O. The molecule has 4 heteroatoms. The minimum absolute atomic E-state index is 0.425. The van der Waals surface area contributed by atoms with Crippen molar-refractivity contribution in [2.45, 2.75) is 38.4 Å². The average Bonchev–Trinajstić information content (AvgIpc) is 2.30. The summed E-state index contributed by atoms with van der Waals surface area (Å²) < 4.78 is 5.54. The third-order valence-corrected chi connectivity index (χ3v) is 3.14. The van der Waals surface area contributed by atoms with Gasteiger partial charge in [-0.1, -0.05) is 12.1 Å². The number of aliphatic hydroxyl groups is 1. The maximum atomic E-state index is 11.0. The average molecular weight is 235 g/mol. The van der Waals surface area contributed by atoms with Crippen molar-refractivity contribution >= 4 is 5.91 Å². The molecule has 0 spiro atoms. The molecule has 92 valence electrons. The monoisotopic (exact) mass is 235 g/mol. The van der Waals surface area contributed by atoms with Gasteiger partial charge in [0.2, 0.25) is 0 Å². The largest absolute Gasteiger partial charge is 0.481 e. The van der Waals surface area contributed by atoms with Crippen LogP contribution in [-0.2, 0) is 11.2 Å². The van der Waals surface area contributed by atoms with Gasteiger partial charge in [0, 0.05) is 0 Å². The van der Waals surface area contributed by atoms with Crippen molar-refractivity contribution in [1.29, 1.82) is 0 Å². The van der Waals surface area contributed by atoms with Crippen LogP contribution in [0.3, 0.4) is 0 Å². The van der Waals surface area contributed by atoms with Gasteiger partial charge in [-0.05, 0) is 43.4 Å². The molecule has 1 aliphatic carbocycles. The van der Waals surface area contributed by atoms with Gasteiger partial charge in [-0.25, -0.2) is 0 Å². The van der Waals surface area contributed by atoms with E-state index in [2.05, 4.69) is 0 Å². The van der Waals surface area contributed by atoms with Crippen LogP contribution in [-0.4, -0.2) is 17.1 Å². The lowest BCUT2D eigenvalue weighted by atomic mass is 9.89. The third-order valence-electron chi connectivity index (χ3n) is 3.14. The number of fused-ring (bicyclic) bond motifs is 1. The van der Waals surface area contributed by atoms with Crippen LogP contribution in [0.15, 0.2) is 18.2 Å². The number of hydrogen-bond donors (Lipinski definition) is 2. The predicted molar refractivity (Wildman–Crippen MR) is 63.6 cm³/mol. The minimum Gasteiger partial charge on any atom is -0.481 e. The number of amides is 1. The first-order chi connectivity index (χ1) is 8.09. The van der Waals surface area contributed by atoms with E-state index in [-0.39, 0.29) is 0 Å². The van der Waals surface area contributed by atoms with E-state index in [9.17, 15) is 9.90 Å². The molecule has 0 radical (unpaired) electrons. The fourth-order valence-electron chi connectivity index (χ4n) is 2.15. The highest BCUT2D eigenvalue weighted by Crippen LogP contribution is 2.35. The second-order valence-electron chi connectivity index (χ2n) is 4.39. The molecule has 0 heterocycles. The van der Waals surface area contributed by atoms with Crippen molar-refractivity contribution in [2.75, 3.05) is 0 Å². The third kappa shape index (κ3) is 2.42. The molecule has 0 fully saturated rings. The van der Waals surface area contributed by atoms with E-state index in [1.54, 1.807) is 6.92 Å². The van der Waals surface area contributed by atoms with Gasteiger partial charge >= 0.3 is 0 Å². The van der Waals surface area contributed by atoms with Gasteiger partial charge in [0.15, 0.2) is 6.10 Å². The quantitative estimate of drug-likeness (QED) is 0.829. The number of ether oxygens (including phenoxy) is 1. The first-order valence-corrected chi connectivity index (χ1v) is 5.85. The lowest BCUT2D eigenvalue weighted by molar-refractivity contribution is -0.124. The van der Waals surface area contributed by atoms with Crippen LogP contribution in [0.5, 0.6) is 5.75 Å². The standard InChI is InChI=1S/C13H17NO3/c1-8(13(14)16)17-12-7-3-4-9-10(12)5-2-6-11(9)15/h3-4,7-8,11,15H,2,5-6H2,1H3,(H2,14,16). The van der Waals surface area contributed by atoms with E-state index < -0.39 is 18.1 Å². The summed E-state index contributed by atoms with van der Waals surface area (Å²) in [6.07, 6.45) is 1.50. The van der Waals surface area contributed by atoms with Crippen LogP contribution in [0.4, 0.5) is 0 Å². The Hall–Kier alpha value is -1.55. The van der Waals surface area contributed by atoms with Crippen LogP contribution in [0.25, 0.3) is 0 Å². The van der Waals surface area contributed by atoms with E-state index in [0.29, 0.717) is 5.75 Å². The van der Waals surface area contributed by atoms with E-state index in [1.807, 2.05) is 18.2 Å². The Kier molecular flexibility index (Phi) is 3.33. The highest BCUT2D eigenvalue weighted by atomic mass is 16.5. The van der Waals surface area contributed by atoms with Crippen molar-refractivity contribution in [3.8, 4) is 5.75 Å². The van der Waals surface area contributed by atoms with E-state index in [4.69, 9.17) is 10.5 Å². The Bertz CT molecular complexity index is 431. The number of rotatable bonds is 3. The molecule has 1 aliphatic rings. The highest BCUT2D eigenvalue weighted by molar-refractivity contribution is 5.78. The number of benzene rings is 1. The van der Waals surface area contributed by atoms with Gasteiger partial charge in [-0.2, -0.15) is 0 Å². The number of carbonyl (C=O) groups is 1. The molecule has 1 amide bonds. The van der Waals surface area contributed by atoms with Gasteiger partial charge in [0.25, 0.3) is 5.91 Å². The maximum absolute atomic E-state index is 11.0. The van der Waals surface area contributed by atoms with Crippen LogP contribution in [0, 0.1) is 0 Å². The smallest absolute Gasteiger partial charge is 0.258 e. The van der Waals surface area contributed by atoms with Crippen molar-refractivity contribution in [3.63, 3.8) is 0 Å². The summed E-state index contributed by atoms with van der Waals surface area (Å²) in [5.41, 5.74) is 7.08. The topological polar surface area (TPSA) is 72.6 Å². The van der Waals surface area contributed by atoms with E-state index in [1.165, 1.54) is 0 Å². The summed E-state index contributed by atoms with van der Waals surface area (Å²) in [6, 6.07) is 5.55. The van der Waals surface area contributed by atoms with Gasteiger partial charge in [0.1, 0.15) is 5.75 Å². The van der Waals surface area contributed by atoms with Crippen LogP contribution in [0.2, 0.25) is 0 Å². The van der Waals surface area contributed by atoms with E-state index >= 15 is 0 Å². The zero-order valence-corrected chi connectivity index (χ0v) is 9.85. The fourth-order valence-corrected chi connectivity index (χ4v) is 2.15. The molecule has 0 aromatic heterocycles. The lowest BCUT2D eigenvalue weighted by Gasteiger charge is -2.24. The minimum atomic E-state index is -0.652. The molecule has 0 aliphatic heterocycles. The molecule has 1 aromatic carbocycles. The van der Waals surface area contributed by atoms with Crippen LogP contribution < -0.4 is 10.5 Å². The summed E-state index contributed by atoms with van der Waals surface area (Å²) >= 11 is 0. The Morgan fingerprint density at radius 2 is 2.35 bits per heavy atom. The summed E-state index contributed by atoms with van der Waals surface area (Å²) in [4.78, 5) is 11.0. The Morgan fingerprint density at radius 1 is 1.59 bits per heavy atom. The predicted octanol–water partition coefficient (Wildman–Crippen LogP) is 1.31. The van der Waals surface area contributed by atoms with Gasteiger partial charge < -0.3 is 15.6 Å². The Morgan fingerprint density at radius 3 is 3.06 bits per heavy atom. The fraction of sp³-hybridized carbons (Fsp3) is 0.462. The first kappa shape index (κ1) is 11.9. The van der Waals surface area contributed by atoms with Gasteiger partial charge in [-0.15, -0.1) is 0 Å². The number of aliphatic hydroxyl groups excluding tert-OH is 1. The van der Waals surface area contributed by atoms with Gasteiger partial charge in [0.05, 0.1) is 6.10 Å². The molecule has 3 N–H and O–H groups in total. The van der Waals surface area contributed by atoms with Crippen molar-refractivity contribution < 1.29 is 14.6 Å². The molecule has 2 rings (SSSR count). The zero-order chi connectivity index (χ0) is 12.4. The molecule has 0 saturated carbocycles. The molecule has 0 bridgehead atoms. The summed E-state index contributed by atoms with van der Waals surface area (Å²) in [7, 11) is 0. The molecule has 1 aromatic rings. The number of primary amides is 1. The highest BCUT2D eigenvalue weighted by Gasteiger charge is 2.22. The van der Waals surface area contributed by atoms with Crippen molar-refractivity contribution in [1.82, 2.24) is 0 Å². The Labute approximate surface area is 100 Å². The number of carbonyl (C=O) groups excluding carboxylic acids is 1. The van der Waals surface area contributed by atoms with Crippen LogP contribution >= 0.6 is 0 Å². The first-order valence-electron chi connectivity index (χ1n) is 5.85. The molecule has 4 nitrogen and oxygen atoms in total. The summed E-state index contributed by atoms with van der Waals surface area (Å²) in [5, 5.41) is 9.88. The van der Waals surface area contributed by atoms with E-state index in [0.717, 1.165) is 30.4 Å². The summed E-state index contributed by atoms with van der Waals surface area (Å²) in [5.74, 6) is 0.173. The number of hydrogen-bond acceptors (Lipinski definition) is 3. The number of nitrogens with two attached hydrogens (primary N) is 1. The summed E-state index contributed by atoms with van der Waals surface area (Å²) in [6.45, 7) is 1.63. The van der Waals surface area contributed by atoms with Crippen LogP contribution in [0.1, 0.15) is 37.0 Å².